The van der Waals surface area contributed by atoms with Crippen LogP contribution in [0.25, 0.3) is 0 Å². The summed E-state index contributed by atoms with van der Waals surface area (Å²) in [5.74, 6) is 0.387. The molecule has 0 aliphatic carbocycles. The van der Waals surface area contributed by atoms with Crippen molar-refractivity contribution in [3.63, 3.8) is 0 Å². The third kappa shape index (κ3) is 5.73. The molecular formula is C27H34F3N3O2S. The molecule has 0 aromatic heterocycles. The second kappa shape index (κ2) is 9.99. The van der Waals surface area contributed by atoms with Gasteiger partial charge in [0.2, 0.25) is 0 Å². The molecule has 5 nitrogen and oxygen atoms in total. The van der Waals surface area contributed by atoms with Crippen LogP contribution in [0.4, 0.5) is 18.9 Å². The van der Waals surface area contributed by atoms with Crippen LogP contribution in [-0.4, -0.2) is 75.5 Å². The first-order valence-corrected chi connectivity index (χ1v) is 14.6. The maximum absolute atomic E-state index is 13.1. The van der Waals surface area contributed by atoms with E-state index in [0.29, 0.717) is 10.8 Å². The molecule has 3 aliphatic heterocycles. The molecule has 2 aromatic carbocycles. The van der Waals surface area contributed by atoms with Crippen LogP contribution in [0.5, 0.6) is 0 Å². The number of sulfone groups is 1. The fraction of sp³-hybridized carbons (Fsp3) is 0.556. The molecule has 2 bridgehead atoms. The van der Waals surface area contributed by atoms with E-state index in [1.54, 1.807) is 23.1 Å². The van der Waals surface area contributed by atoms with Crippen molar-refractivity contribution >= 4 is 15.5 Å². The fourth-order valence-corrected chi connectivity index (χ4v) is 7.17. The number of piperidine rings is 1. The van der Waals surface area contributed by atoms with Gasteiger partial charge in [0.25, 0.3) is 0 Å². The number of benzene rings is 2. The Morgan fingerprint density at radius 1 is 0.944 bits per heavy atom. The maximum Gasteiger partial charge on any atom is 0.401 e. The van der Waals surface area contributed by atoms with Gasteiger partial charge in [0, 0.05) is 50.2 Å². The van der Waals surface area contributed by atoms with Crippen LogP contribution >= 0.6 is 0 Å². The van der Waals surface area contributed by atoms with Crippen molar-refractivity contribution in [2.45, 2.75) is 54.9 Å². The summed E-state index contributed by atoms with van der Waals surface area (Å²) in [6.07, 6.45) is 0.462. The average Bonchev–Trinajstić information content (AvgIpc) is 3.05. The number of hydrogen-bond acceptors (Lipinski definition) is 5. The number of alkyl halides is 3. The summed E-state index contributed by atoms with van der Waals surface area (Å²) in [4.78, 5) is 6.77. The smallest absolute Gasteiger partial charge is 0.368 e. The molecule has 0 N–H and O–H groups in total. The molecule has 3 saturated heterocycles. The molecular weight excluding hydrogens is 487 g/mol. The molecule has 5 rings (SSSR count). The molecule has 4 atom stereocenters. The Morgan fingerprint density at radius 3 is 2.28 bits per heavy atom. The van der Waals surface area contributed by atoms with Crippen molar-refractivity contribution in [2.75, 3.05) is 43.9 Å². The van der Waals surface area contributed by atoms with E-state index in [9.17, 15) is 21.6 Å². The monoisotopic (exact) mass is 521 g/mol. The highest BCUT2D eigenvalue weighted by molar-refractivity contribution is 7.90. The summed E-state index contributed by atoms with van der Waals surface area (Å²) in [7, 11) is -3.29. The van der Waals surface area contributed by atoms with Crippen molar-refractivity contribution in [3.05, 3.63) is 60.2 Å². The number of halogens is 3. The number of rotatable bonds is 6. The third-order valence-corrected chi connectivity index (χ3v) is 9.23. The van der Waals surface area contributed by atoms with E-state index in [2.05, 4.69) is 21.9 Å². The molecule has 2 aromatic rings. The minimum atomic E-state index is -4.14. The SMILES string of the molecule is CS(=O)(=O)c1cccc(N2CCN(CC3C[C@H]4CC[C@@H](C3)N4CC(F)(F)F)C(c3ccccc3)C2)c1. The van der Waals surface area contributed by atoms with Crippen LogP contribution in [0.15, 0.2) is 59.5 Å². The van der Waals surface area contributed by atoms with Crippen molar-refractivity contribution in [3.8, 4) is 0 Å². The van der Waals surface area contributed by atoms with Gasteiger partial charge < -0.3 is 4.90 Å². The Balaban J connectivity index is 1.32. The lowest BCUT2D eigenvalue weighted by Gasteiger charge is -2.46. The molecule has 36 heavy (non-hydrogen) atoms. The molecule has 196 valence electrons. The summed E-state index contributed by atoms with van der Waals surface area (Å²) in [5.41, 5.74) is 2.11. The Bertz CT molecular complexity index is 1140. The lowest BCUT2D eigenvalue weighted by Crippen LogP contribution is -2.52. The van der Waals surface area contributed by atoms with Crippen molar-refractivity contribution in [1.82, 2.24) is 9.80 Å². The van der Waals surface area contributed by atoms with Gasteiger partial charge in [-0.2, -0.15) is 13.2 Å². The van der Waals surface area contributed by atoms with Crippen LogP contribution in [-0.2, 0) is 9.84 Å². The van der Waals surface area contributed by atoms with Gasteiger partial charge in [-0.15, -0.1) is 0 Å². The zero-order chi connectivity index (χ0) is 25.5. The van der Waals surface area contributed by atoms with E-state index >= 15 is 0 Å². The number of hydrogen-bond donors (Lipinski definition) is 0. The quantitative estimate of drug-likeness (QED) is 0.549. The highest BCUT2D eigenvalue weighted by atomic mass is 32.2. The summed E-state index contributed by atoms with van der Waals surface area (Å²) in [6, 6.07) is 17.7. The van der Waals surface area contributed by atoms with Gasteiger partial charge in [-0.3, -0.25) is 9.80 Å². The molecule has 9 heteroatoms. The Kier molecular flexibility index (Phi) is 7.09. The van der Waals surface area contributed by atoms with E-state index in [4.69, 9.17) is 0 Å². The van der Waals surface area contributed by atoms with Crippen LogP contribution < -0.4 is 4.90 Å². The topological polar surface area (TPSA) is 43.9 Å². The first-order valence-electron chi connectivity index (χ1n) is 12.7. The Labute approximate surface area is 211 Å². The largest absolute Gasteiger partial charge is 0.401 e. The van der Waals surface area contributed by atoms with E-state index in [1.807, 2.05) is 24.3 Å². The van der Waals surface area contributed by atoms with Gasteiger partial charge >= 0.3 is 6.18 Å². The zero-order valence-electron chi connectivity index (χ0n) is 20.6. The standard InChI is InChI=1S/C27H34F3N3O2S/c1-36(34,35)25-9-5-8-22(16-25)31-12-13-32(26(18-31)21-6-3-2-4-7-21)17-20-14-23-10-11-24(15-20)33(23)19-27(28,29)30/h2-9,16,20,23-24,26H,10-15,17-19H2,1H3/t20?,23-,24+,26?. The van der Waals surface area contributed by atoms with Gasteiger partial charge in [0.15, 0.2) is 9.84 Å². The molecule has 0 saturated carbocycles. The minimum absolute atomic E-state index is 0.0329. The maximum atomic E-state index is 13.1. The zero-order valence-corrected chi connectivity index (χ0v) is 21.4. The molecule has 2 unspecified atom stereocenters. The second-order valence-corrected chi connectivity index (χ2v) is 12.7. The normalized spacial score (nSPS) is 27.9. The Hall–Kier alpha value is -2.10. The second-order valence-electron chi connectivity index (χ2n) is 10.6. The Morgan fingerprint density at radius 2 is 1.64 bits per heavy atom. The van der Waals surface area contributed by atoms with E-state index in [1.165, 1.54) is 11.8 Å². The van der Waals surface area contributed by atoms with Gasteiger partial charge in [-0.05, 0) is 55.4 Å². The first kappa shape index (κ1) is 25.5. The highest BCUT2D eigenvalue weighted by Gasteiger charge is 2.46. The average molecular weight is 522 g/mol. The van der Waals surface area contributed by atoms with Gasteiger partial charge in [0.05, 0.1) is 17.5 Å². The molecule has 3 heterocycles. The van der Waals surface area contributed by atoms with Crippen molar-refractivity contribution in [1.29, 1.82) is 0 Å². The lowest BCUT2D eigenvalue weighted by molar-refractivity contribution is -0.157. The molecule has 0 amide bonds. The van der Waals surface area contributed by atoms with Crippen LogP contribution in [0.3, 0.4) is 0 Å². The number of nitrogens with zero attached hydrogens (tertiary/aromatic N) is 3. The predicted octanol–water partition coefficient (Wildman–Crippen LogP) is 4.76. The van der Waals surface area contributed by atoms with E-state index in [-0.39, 0.29) is 18.1 Å². The number of anilines is 1. The summed E-state index contributed by atoms with van der Waals surface area (Å²) in [5, 5.41) is 0. The lowest BCUT2D eigenvalue weighted by atomic mass is 9.89. The predicted molar refractivity (Wildman–Crippen MR) is 135 cm³/mol. The number of fused-ring (bicyclic) bond motifs is 2. The number of piperazine rings is 1. The molecule has 0 spiro atoms. The van der Waals surface area contributed by atoms with Gasteiger partial charge in [-0.1, -0.05) is 36.4 Å². The summed E-state index contributed by atoms with van der Waals surface area (Å²) in [6.45, 7) is 2.42. The first-order chi connectivity index (χ1) is 17.1. The van der Waals surface area contributed by atoms with Crippen molar-refractivity contribution in [2.24, 2.45) is 5.92 Å². The van der Waals surface area contributed by atoms with Gasteiger partial charge in [-0.25, -0.2) is 8.42 Å². The third-order valence-electron chi connectivity index (χ3n) is 8.12. The highest BCUT2D eigenvalue weighted by Crippen LogP contribution is 2.41. The fourth-order valence-electron chi connectivity index (χ4n) is 6.51. The van der Waals surface area contributed by atoms with E-state index in [0.717, 1.165) is 57.5 Å². The van der Waals surface area contributed by atoms with E-state index < -0.39 is 22.6 Å². The van der Waals surface area contributed by atoms with Crippen LogP contribution in [0.2, 0.25) is 0 Å². The molecule has 3 aliphatic rings. The van der Waals surface area contributed by atoms with Gasteiger partial charge in [0.1, 0.15) is 0 Å². The summed E-state index contributed by atoms with van der Waals surface area (Å²) < 4.78 is 63.5. The minimum Gasteiger partial charge on any atom is -0.368 e. The molecule has 3 fully saturated rings. The van der Waals surface area contributed by atoms with Crippen LogP contribution in [0, 0.1) is 5.92 Å². The van der Waals surface area contributed by atoms with Crippen LogP contribution in [0.1, 0.15) is 37.3 Å². The summed E-state index contributed by atoms with van der Waals surface area (Å²) >= 11 is 0. The molecule has 0 radical (unpaired) electrons. The van der Waals surface area contributed by atoms with Crippen molar-refractivity contribution < 1.29 is 21.6 Å².